The number of piperidine rings is 1. The number of nitrogens with zero attached hydrogens (tertiary/aromatic N) is 1. The predicted molar refractivity (Wildman–Crippen MR) is 88.8 cm³/mol. The number of phenolic OH excluding ortho intramolecular Hbond substituents is 1. The van der Waals surface area contributed by atoms with Crippen LogP contribution in [0.3, 0.4) is 0 Å². The number of ether oxygens (including phenoxy) is 1. The molecule has 3 rings (SSSR count). The average Bonchev–Trinajstić information content (AvgIpc) is 2.55. The van der Waals surface area contributed by atoms with Gasteiger partial charge in [-0.05, 0) is 50.6 Å². The summed E-state index contributed by atoms with van der Waals surface area (Å²) in [6.45, 7) is 4.41. The second-order valence-corrected chi connectivity index (χ2v) is 6.07. The second-order valence-electron chi connectivity index (χ2n) is 6.07. The highest BCUT2D eigenvalue weighted by Crippen LogP contribution is 2.25. The number of esters is 1. The second kappa shape index (κ2) is 7.05. The topological polar surface area (TPSA) is 80.0 Å². The maximum Gasteiger partial charge on any atom is 0.336 e. The Balaban J connectivity index is 1.72. The lowest BCUT2D eigenvalue weighted by molar-refractivity contribution is -0.149. The molecule has 6 nitrogen and oxygen atoms in total. The van der Waals surface area contributed by atoms with Gasteiger partial charge in [0.2, 0.25) is 0 Å². The summed E-state index contributed by atoms with van der Waals surface area (Å²) in [7, 11) is 0. The number of fused-ring (bicyclic) bond motifs is 1. The van der Waals surface area contributed by atoms with E-state index in [9.17, 15) is 14.7 Å². The zero-order valence-corrected chi connectivity index (χ0v) is 13.7. The lowest BCUT2D eigenvalue weighted by Gasteiger charge is -2.30. The van der Waals surface area contributed by atoms with E-state index in [0.29, 0.717) is 18.7 Å². The summed E-state index contributed by atoms with van der Waals surface area (Å²) in [6, 6.07) is 6.29. The number of rotatable bonds is 4. The van der Waals surface area contributed by atoms with E-state index in [4.69, 9.17) is 9.15 Å². The van der Waals surface area contributed by atoms with Gasteiger partial charge in [0.05, 0.1) is 12.5 Å². The van der Waals surface area contributed by atoms with Crippen molar-refractivity contribution >= 4 is 16.9 Å². The van der Waals surface area contributed by atoms with Crippen LogP contribution < -0.4 is 5.63 Å². The number of likely N-dealkylation sites (tertiary alicyclic amines) is 1. The number of hydrogen-bond acceptors (Lipinski definition) is 6. The molecule has 1 aliphatic heterocycles. The van der Waals surface area contributed by atoms with Crippen LogP contribution in [-0.4, -0.2) is 35.7 Å². The third kappa shape index (κ3) is 3.59. The maximum absolute atomic E-state index is 11.8. The molecule has 1 aromatic heterocycles. The molecule has 24 heavy (non-hydrogen) atoms. The van der Waals surface area contributed by atoms with Crippen LogP contribution in [0.2, 0.25) is 0 Å². The summed E-state index contributed by atoms with van der Waals surface area (Å²) in [6.07, 6.45) is 1.53. The van der Waals surface area contributed by atoms with Gasteiger partial charge in [0.25, 0.3) is 0 Å². The Labute approximate surface area is 139 Å². The van der Waals surface area contributed by atoms with Gasteiger partial charge in [-0.3, -0.25) is 9.69 Å². The summed E-state index contributed by atoms with van der Waals surface area (Å²) in [5.41, 5.74) is 0.833. The van der Waals surface area contributed by atoms with E-state index in [1.807, 2.05) is 6.92 Å². The molecule has 2 aromatic rings. The fraction of sp³-hybridized carbons (Fsp3) is 0.444. The van der Waals surface area contributed by atoms with Gasteiger partial charge in [0.15, 0.2) is 0 Å². The average molecular weight is 331 g/mol. The zero-order chi connectivity index (χ0) is 17.1. The number of carbonyl (C=O) groups is 1. The van der Waals surface area contributed by atoms with Crippen molar-refractivity contribution in [3.8, 4) is 5.75 Å². The summed E-state index contributed by atoms with van der Waals surface area (Å²) < 4.78 is 10.2. The van der Waals surface area contributed by atoms with Gasteiger partial charge in [-0.25, -0.2) is 4.79 Å². The number of benzene rings is 1. The highest BCUT2D eigenvalue weighted by atomic mass is 16.5. The Morgan fingerprint density at radius 1 is 1.33 bits per heavy atom. The van der Waals surface area contributed by atoms with Crippen molar-refractivity contribution in [1.29, 1.82) is 0 Å². The molecule has 0 spiro atoms. The first kappa shape index (κ1) is 16.5. The van der Waals surface area contributed by atoms with Crippen LogP contribution in [0, 0.1) is 5.92 Å². The largest absolute Gasteiger partial charge is 0.508 e. The van der Waals surface area contributed by atoms with Crippen LogP contribution in [0.25, 0.3) is 11.0 Å². The first-order chi connectivity index (χ1) is 11.6. The minimum Gasteiger partial charge on any atom is -0.508 e. The Morgan fingerprint density at radius 2 is 2.08 bits per heavy atom. The molecule has 1 aliphatic rings. The summed E-state index contributed by atoms with van der Waals surface area (Å²) in [5.74, 6) is -0.0767. The van der Waals surface area contributed by atoms with Crippen molar-refractivity contribution in [2.75, 3.05) is 19.7 Å². The Kier molecular flexibility index (Phi) is 4.85. The molecule has 0 radical (unpaired) electrons. The van der Waals surface area contributed by atoms with Gasteiger partial charge in [-0.2, -0.15) is 0 Å². The molecule has 1 aromatic carbocycles. The summed E-state index contributed by atoms with van der Waals surface area (Å²) in [5, 5.41) is 10.4. The van der Waals surface area contributed by atoms with Crippen molar-refractivity contribution in [3.05, 3.63) is 40.2 Å². The van der Waals surface area contributed by atoms with Crippen molar-refractivity contribution in [2.24, 2.45) is 5.92 Å². The smallest absolute Gasteiger partial charge is 0.336 e. The molecule has 1 N–H and O–H groups in total. The van der Waals surface area contributed by atoms with Crippen LogP contribution in [0.15, 0.2) is 33.5 Å². The maximum atomic E-state index is 11.8. The molecule has 2 heterocycles. The fourth-order valence-corrected chi connectivity index (χ4v) is 3.18. The van der Waals surface area contributed by atoms with E-state index in [-0.39, 0.29) is 17.6 Å². The van der Waals surface area contributed by atoms with E-state index < -0.39 is 5.63 Å². The van der Waals surface area contributed by atoms with Gasteiger partial charge in [0, 0.05) is 24.1 Å². The van der Waals surface area contributed by atoms with Crippen LogP contribution in [-0.2, 0) is 16.1 Å². The zero-order valence-electron chi connectivity index (χ0n) is 13.7. The molecule has 0 amide bonds. The van der Waals surface area contributed by atoms with Crippen molar-refractivity contribution in [2.45, 2.75) is 26.3 Å². The van der Waals surface area contributed by atoms with E-state index in [2.05, 4.69) is 4.90 Å². The number of hydrogen-bond donors (Lipinski definition) is 1. The number of aromatic hydroxyl groups is 1. The highest BCUT2D eigenvalue weighted by molar-refractivity contribution is 5.81. The minimum atomic E-state index is -0.426. The molecule has 0 atom stereocenters. The molecular formula is C18H21NO5. The summed E-state index contributed by atoms with van der Waals surface area (Å²) in [4.78, 5) is 25.8. The first-order valence-electron chi connectivity index (χ1n) is 8.21. The van der Waals surface area contributed by atoms with Crippen LogP contribution in [0.4, 0.5) is 0 Å². The molecule has 0 saturated carbocycles. The molecule has 0 bridgehead atoms. The SMILES string of the molecule is CCOC(=O)C1CCN(Cc2cc(=O)oc3cc(O)ccc23)CC1. The third-order valence-corrected chi connectivity index (χ3v) is 4.42. The van der Waals surface area contributed by atoms with Crippen LogP contribution in [0.5, 0.6) is 5.75 Å². The van der Waals surface area contributed by atoms with Crippen LogP contribution in [0.1, 0.15) is 25.3 Å². The van der Waals surface area contributed by atoms with Gasteiger partial charge >= 0.3 is 11.6 Å². The molecule has 0 unspecified atom stereocenters. The molecule has 1 fully saturated rings. The Hall–Kier alpha value is -2.34. The normalized spacial score (nSPS) is 16.4. The predicted octanol–water partition coefficient (Wildman–Crippen LogP) is 2.27. The number of phenols is 1. The first-order valence-corrected chi connectivity index (χ1v) is 8.21. The van der Waals surface area contributed by atoms with E-state index in [1.165, 1.54) is 12.1 Å². The van der Waals surface area contributed by atoms with Gasteiger partial charge < -0.3 is 14.3 Å². The van der Waals surface area contributed by atoms with Gasteiger partial charge in [0.1, 0.15) is 11.3 Å². The Morgan fingerprint density at radius 3 is 2.79 bits per heavy atom. The third-order valence-electron chi connectivity index (χ3n) is 4.42. The van der Waals surface area contributed by atoms with E-state index >= 15 is 0 Å². The fourth-order valence-electron chi connectivity index (χ4n) is 3.18. The van der Waals surface area contributed by atoms with Crippen molar-refractivity contribution < 1.29 is 19.1 Å². The quantitative estimate of drug-likeness (QED) is 0.684. The molecule has 0 aliphatic carbocycles. The van der Waals surface area contributed by atoms with Gasteiger partial charge in [-0.1, -0.05) is 0 Å². The van der Waals surface area contributed by atoms with E-state index in [0.717, 1.165) is 36.9 Å². The summed E-state index contributed by atoms with van der Waals surface area (Å²) >= 11 is 0. The number of carbonyl (C=O) groups excluding carboxylic acids is 1. The monoisotopic (exact) mass is 331 g/mol. The molecule has 128 valence electrons. The van der Waals surface area contributed by atoms with Crippen LogP contribution >= 0.6 is 0 Å². The molecular weight excluding hydrogens is 310 g/mol. The Bertz CT molecular complexity index is 790. The van der Waals surface area contributed by atoms with Crippen molar-refractivity contribution in [3.63, 3.8) is 0 Å². The standard InChI is InChI=1S/C18H21NO5/c1-2-23-18(22)12-5-7-19(8-6-12)11-13-9-17(21)24-16-10-14(20)3-4-15(13)16/h3-4,9-10,12,20H,2,5-8,11H2,1H3. The van der Waals surface area contributed by atoms with Crippen molar-refractivity contribution in [1.82, 2.24) is 4.90 Å². The minimum absolute atomic E-state index is 0.0317. The lowest BCUT2D eigenvalue weighted by Crippen LogP contribution is -2.36. The van der Waals surface area contributed by atoms with Gasteiger partial charge in [-0.15, -0.1) is 0 Å². The van der Waals surface area contributed by atoms with E-state index in [1.54, 1.807) is 12.1 Å². The molecule has 6 heteroatoms. The lowest BCUT2D eigenvalue weighted by atomic mass is 9.96. The highest BCUT2D eigenvalue weighted by Gasteiger charge is 2.26. The molecule has 1 saturated heterocycles.